The summed E-state index contributed by atoms with van der Waals surface area (Å²) >= 11 is 1.29. The molecule has 0 radical (unpaired) electrons. The Morgan fingerprint density at radius 2 is 1.82 bits per heavy atom. The molecule has 220 valence electrons. The van der Waals surface area contributed by atoms with E-state index in [1.807, 2.05) is 45.0 Å². The van der Waals surface area contributed by atoms with Crippen LogP contribution in [0, 0.1) is 11.8 Å². The minimum atomic E-state index is -0.714. The molecule has 1 aromatic carbocycles. The number of carbonyl (C=O) groups is 1. The van der Waals surface area contributed by atoms with E-state index in [0.717, 1.165) is 37.0 Å². The van der Waals surface area contributed by atoms with E-state index in [1.165, 1.54) is 11.8 Å². The molecule has 1 heterocycles. The van der Waals surface area contributed by atoms with Gasteiger partial charge in [-0.15, -0.1) is 0 Å². The zero-order valence-electron chi connectivity index (χ0n) is 25.0. The molecule has 7 heteroatoms. The number of hydrogen-bond donors (Lipinski definition) is 1. The van der Waals surface area contributed by atoms with Crippen molar-refractivity contribution in [1.82, 2.24) is 0 Å². The van der Waals surface area contributed by atoms with E-state index < -0.39 is 11.9 Å². The lowest BCUT2D eigenvalue weighted by Gasteiger charge is -2.42. The number of carbonyl (C=O) groups excluding carboxylic acids is 1. The minimum absolute atomic E-state index is 0.0253. The maximum Gasteiger partial charge on any atom is 0.192 e. The number of benzene rings is 1. The number of rotatable bonds is 12. The van der Waals surface area contributed by atoms with Crippen LogP contribution in [0.4, 0.5) is 0 Å². The van der Waals surface area contributed by atoms with E-state index in [4.69, 9.17) is 18.9 Å². The Hall–Kier alpha value is -1.38. The third-order valence-corrected chi connectivity index (χ3v) is 8.38. The van der Waals surface area contributed by atoms with Crippen LogP contribution in [0.2, 0.25) is 0 Å². The molecular formula is C32H50O6S. The van der Waals surface area contributed by atoms with Crippen molar-refractivity contribution < 1.29 is 28.8 Å². The van der Waals surface area contributed by atoms with E-state index >= 15 is 0 Å². The van der Waals surface area contributed by atoms with Gasteiger partial charge in [0.05, 0.1) is 38.1 Å². The fourth-order valence-corrected chi connectivity index (χ4v) is 6.57. The second-order valence-electron chi connectivity index (χ2n) is 12.5. The van der Waals surface area contributed by atoms with Gasteiger partial charge < -0.3 is 24.1 Å². The average molecular weight is 563 g/mol. The van der Waals surface area contributed by atoms with Gasteiger partial charge in [-0.25, -0.2) is 0 Å². The van der Waals surface area contributed by atoms with Gasteiger partial charge in [-0.2, -0.15) is 0 Å². The summed E-state index contributed by atoms with van der Waals surface area (Å²) in [6.07, 6.45) is 8.67. The van der Waals surface area contributed by atoms with Gasteiger partial charge in [-0.1, -0.05) is 77.6 Å². The van der Waals surface area contributed by atoms with Gasteiger partial charge >= 0.3 is 0 Å². The van der Waals surface area contributed by atoms with Crippen LogP contribution >= 0.6 is 11.8 Å². The quantitative estimate of drug-likeness (QED) is 0.273. The van der Waals surface area contributed by atoms with Crippen molar-refractivity contribution in [1.29, 1.82) is 0 Å². The standard InChI is InChI=1S/C32H50O6S/c1-22(2)30(36-21-24-11-14-26(35-7)15-12-24)23(3)10-13-27-20-28(38-32(37-27)16-8-9-17-32)18-25(33)19-29(34)39-31(4,5)6/h10-15,22-23,25,27-28,30,33H,8-9,16-21H2,1-7H3/b13-10+/t23-,25+,27-,28+,30-/m0/s1. The minimum Gasteiger partial charge on any atom is -0.497 e. The normalized spacial score (nSPS) is 23.8. The monoisotopic (exact) mass is 562 g/mol. The molecule has 0 unspecified atom stereocenters. The molecule has 0 amide bonds. The molecule has 2 fully saturated rings. The van der Waals surface area contributed by atoms with Crippen LogP contribution in [0.1, 0.15) is 92.1 Å². The Balaban J connectivity index is 1.60. The second-order valence-corrected chi connectivity index (χ2v) is 14.4. The summed E-state index contributed by atoms with van der Waals surface area (Å²) in [5.41, 5.74) is 1.12. The van der Waals surface area contributed by atoms with Crippen molar-refractivity contribution in [3.05, 3.63) is 42.0 Å². The summed E-state index contributed by atoms with van der Waals surface area (Å²) in [5.74, 6) is 0.817. The molecule has 5 atom stereocenters. The first-order valence-corrected chi connectivity index (χ1v) is 15.4. The van der Waals surface area contributed by atoms with Crippen molar-refractivity contribution in [2.45, 2.75) is 128 Å². The summed E-state index contributed by atoms with van der Waals surface area (Å²) in [5, 5.41) is 10.7. The fourth-order valence-electron chi connectivity index (χ4n) is 5.61. The van der Waals surface area contributed by atoms with Gasteiger partial charge in [0.15, 0.2) is 10.9 Å². The van der Waals surface area contributed by atoms with Crippen LogP contribution in [0.3, 0.4) is 0 Å². The second kappa shape index (κ2) is 14.5. The number of hydrogen-bond acceptors (Lipinski definition) is 7. The lowest BCUT2D eigenvalue weighted by molar-refractivity contribution is -0.308. The Labute approximate surface area is 240 Å². The number of thioether (sulfide) groups is 1. The third kappa shape index (κ3) is 10.5. The summed E-state index contributed by atoms with van der Waals surface area (Å²) in [6.45, 7) is 13.2. The van der Waals surface area contributed by atoms with Gasteiger partial charge in [0.1, 0.15) is 5.75 Å². The molecule has 6 nitrogen and oxygen atoms in total. The Bertz CT molecular complexity index is 916. The van der Waals surface area contributed by atoms with Crippen molar-refractivity contribution in [2.75, 3.05) is 7.11 Å². The summed E-state index contributed by atoms with van der Waals surface area (Å²) in [4.78, 5) is 12.4. The van der Waals surface area contributed by atoms with Crippen molar-refractivity contribution in [3.63, 3.8) is 0 Å². The van der Waals surface area contributed by atoms with E-state index in [2.05, 4.69) is 32.9 Å². The third-order valence-electron chi connectivity index (χ3n) is 7.37. The zero-order chi connectivity index (χ0) is 28.6. The maximum atomic E-state index is 12.4. The fraction of sp³-hybridized carbons (Fsp3) is 0.719. The molecule has 1 saturated heterocycles. The smallest absolute Gasteiger partial charge is 0.192 e. The van der Waals surface area contributed by atoms with Gasteiger partial charge in [-0.05, 0) is 36.5 Å². The molecular weight excluding hydrogens is 512 g/mol. The summed E-state index contributed by atoms with van der Waals surface area (Å²) in [7, 11) is 1.67. The SMILES string of the molecule is COc1ccc(CO[C@@H](C(C)C)[C@@H](C)/C=C/[C@H]2C[C@@H](C[C@@H](O)CC(=O)SC(C)(C)C)OC3(CCCC3)O2)cc1. The molecule has 39 heavy (non-hydrogen) atoms. The Morgan fingerprint density at radius 1 is 1.15 bits per heavy atom. The van der Waals surface area contributed by atoms with Crippen LogP contribution in [0.15, 0.2) is 36.4 Å². The first-order chi connectivity index (χ1) is 18.4. The highest BCUT2D eigenvalue weighted by Gasteiger charge is 2.44. The van der Waals surface area contributed by atoms with Crippen molar-refractivity contribution in [2.24, 2.45) is 11.8 Å². The van der Waals surface area contributed by atoms with Gasteiger partial charge in [-0.3, -0.25) is 4.79 Å². The lowest BCUT2D eigenvalue weighted by atomic mass is 9.93. The van der Waals surface area contributed by atoms with Crippen molar-refractivity contribution >= 4 is 16.9 Å². The number of ether oxygens (including phenoxy) is 4. The molecule has 1 N–H and O–H groups in total. The predicted molar refractivity (Wildman–Crippen MR) is 158 cm³/mol. The first-order valence-electron chi connectivity index (χ1n) is 14.6. The van der Waals surface area contributed by atoms with Gasteiger partial charge in [0, 0.05) is 42.8 Å². The van der Waals surface area contributed by atoms with E-state index in [0.29, 0.717) is 25.4 Å². The van der Waals surface area contributed by atoms with E-state index in [-0.39, 0.29) is 40.5 Å². The highest BCUT2D eigenvalue weighted by Crippen LogP contribution is 2.42. The number of aliphatic hydroxyl groups is 1. The van der Waals surface area contributed by atoms with Gasteiger partial charge in [0.2, 0.25) is 0 Å². The van der Waals surface area contributed by atoms with Crippen LogP contribution in [0.25, 0.3) is 0 Å². The molecule has 1 spiro atoms. The van der Waals surface area contributed by atoms with E-state index in [9.17, 15) is 9.90 Å². The lowest BCUT2D eigenvalue weighted by Crippen LogP contribution is -2.47. The number of aliphatic hydroxyl groups excluding tert-OH is 1. The van der Waals surface area contributed by atoms with Crippen LogP contribution in [0.5, 0.6) is 5.75 Å². The van der Waals surface area contributed by atoms with Crippen molar-refractivity contribution in [3.8, 4) is 5.75 Å². The summed E-state index contributed by atoms with van der Waals surface area (Å²) in [6, 6.07) is 8.00. The average Bonchev–Trinajstić information content (AvgIpc) is 3.28. The van der Waals surface area contributed by atoms with E-state index in [1.54, 1.807) is 7.11 Å². The molecule has 0 bridgehead atoms. The Kier molecular flexibility index (Phi) is 11.9. The van der Waals surface area contributed by atoms with Crippen LogP contribution < -0.4 is 4.74 Å². The Morgan fingerprint density at radius 3 is 2.41 bits per heavy atom. The zero-order valence-corrected chi connectivity index (χ0v) is 25.8. The highest BCUT2D eigenvalue weighted by atomic mass is 32.2. The highest BCUT2D eigenvalue weighted by molar-refractivity contribution is 8.14. The maximum absolute atomic E-state index is 12.4. The topological polar surface area (TPSA) is 74.2 Å². The predicted octanol–water partition coefficient (Wildman–Crippen LogP) is 7.07. The summed E-state index contributed by atoms with van der Waals surface area (Å²) < 4.78 is 24.5. The van der Waals surface area contributed by atoms with Crippen LogP contribution in [-0.2, 0) is 25.6 Å². The molecule has 1 aliphatic heterocycles. The molecule has 1 saturated carbocycles. The molecule has 0 aromatic heterocycles. The number of methoxy groups -OCH3 is 1. The first kappa shape index (κ1) is 32.1. The molecule has 1 aliphatic carbocycles. The van der Waals surface area contributed by atoms with Crippen LogP contribution in [-0.4, -0.2) is 52.3 Å². The molecule has 2 aliphatic rings. The largest absolute Gasteiger partial charge is 0.497 e. The molecule has 3 rings (SSSR count). The van der Waals surface area contributed by atoms with Gasteiger partial charge in [0.25, 0.3) is 0 Å². The molecule has 1 aromatic rings.